The van der Waals surface area contributed by atoms with Crippen molar-refractivity contribution in [3.8, 4) is 11.6 Å². The van der Waals surface area contributed by atoms with Gasteiger partial charge in [-0.15, -0.1) is 10.2 Å². The zero-order valence-electron chi connectivity index (χ0n) is 21.0. The van der Waals surface area contributed by atoms with E-state index in [0.29, 0.717) is 39.0 Å². The summed E-state index contributed by atoms with van der Waals surface area (Å²) in [4.78, 5) is 44.3. The lowest BCUT2D eigenvalue weighted by Crippen LogP contribution is -2.38. The molecule has 6 rings (SSSR count). The summed E-state index contributed by atoms with van der Waals surface area (Å²) in [5.74, 6) is -0.438. The predicted octanol–water partition coefficient (Wildman–Crippen LogP) is 2.41. The van der Waals surface area contributed by atoms with Crippen LogP contribution in [0, 0.1) is 13.8 Å². The number of amides is 1. The number of fused-ring (bicyclic) bond motifs is 2. The Morgan fingerprint density at radius 1 is 0.846 bits per heavy atom. The predicted molar refractivity (Wildman–Crippen MR) is 147 cm³/mol. The first-order valence-corrected chi connectivity index (χ1v) is 12.1. The molecule has 0 atom stereocenters. The zero-order chi connectivity index (χ0) is 27.3. The molecule has 39 heavy (non-hydrogen) atoms. The Balaban J connectivity index is 1.40. The quantitative estimate of drug-likeness (QED) is 0.336. The van der Waals surface area contributed by atoms with Crippen molar-refractivity contribution in [1.29, 1.82) is 0 Å². The molecule has 10 heteroatoms. The van der Waals surface area contributed by atoms with Gasteiger partial charge in [0.1, 0.15) is 0 Å². The lowest BCUT2D eigenvalue weighted by Gasteiger charge is -2.11. The minimum atomic E-state index is -0.412. The molecule has 0 spiro atoms. The van der Waals surface area contributed by atoms with E-state index in [4.69, 9.17) is 0 Å². The first-order chi connectivity index (χ1) is 18.8. The van der Waals surface area contributed by atoms with Crippen LogP contribution < -0.4 is 26.8 Å². The van der Waals surface area contributed by atoms with Gasteiger partial charge in [-0.1, -0.05) is 42.5 Å². The van der Waals surface area contributed by atoms with Crippen LogP contribution in [0.15, 0.2) is 81.4 Å². The average molecular weight is 519 g/mol. The number of aryl methyl sites for hydroxylation is 1. The van der Waals surface area contributed by atoms with Crippen molar-refractivity contribution in [3.05, 3.63) is 120 Å². The number of aromatic hydroxyl groups is 1. The summed E-state index contributed by atoms with van der Waals surface area (Å²) in [6.07, 6.45) is 4.67. The molecule has 0 unspecified atom stereocenters. The molecular formula is C29H22N6O4. The third-order valence-electron chi connectivity index (χ3n) is 6.74. The lowest BCUT2D eigenvalue weighted by atomic mass is 10.1. The first-order valence-electron chi connectivity index (χ1n) is 12.1. The number of carbonyl (C=O) groups is 1. The Hall–Kier alpha value is -5.51. The van der Waals surface area contributed by atoms with Gasteiger partial charge in [0, 0.05) is 10.8 Å². The highest BCUT2D eigenvalue weighted by molar-refractivity contribution is 6.07. The summed E-state index contributed by atoms with van der Waals surface area (Å²) in [5.41, 5.74) is 2.53. The fourth-order valence-electron chi connectivity index (χ4n) is 4.77. The number of hydrogen-bond donors (Lipinski definition) is 3. The first kappa shape index (κ1) is 23.9. The average Bonchev–Trinajstić information content (AvgIpc) is 3.44. The van der Waals surface area contributed by atoms with Crippen molar-refractivity contribution >= 4 is 34.8 Å². The maximum atomic E-state index is 13.1. The van der Waals surface area contributed by atoms with E-state index in [9.17, 15) is 19.5 Å². The van der Waals surface area contributed by atoms with E-state index in [0.717, 1.165) is 0 Å². The largest absolute Gasteiger partial charge is 0.493 e. The third kappa shape index (κ3) is 3.86. The number of rotatable bonds is 4. The van der Waals surface area contributed by atoms with Gasteiger partial charge in [-0.2, -0.15) is 9.69 Å². The highest BCUT2D eigenvalue weighted by atomic mass is 16.3. The topological polar surface area (TPSA) is 136 Å². The smallest absolute Gasteiger partial charge is 0.282 e. The van der Waals surface area contributed by atoms with Crippen LogP contribution in [0.4, 0.5) is 5.69 Å². The highest BCUT2D eigenvalue weighted by Gasteiger charge is 2.28. The number of benzene rings is 2. The Morgan fingerprint density at radius 2 is 1.51 bits per heavy atom. The van der Waals surface area contributed by atoms with Gasteiger partial charge in [0.05, 0.1) is 22.3 Å². The van der Waals surface area contributed by atoms with Crippen LogP contribution in [0.3, 0.4) is 0 Å². The number of carbonyl (C=O) groups excluding carboxylic acids is 1. The number of para-hydroxylation sites is 2. The number of hydrogen-bond acceptors (Lipinski definition) is 6. The molecule has 192 valence electrons. The number of aromatic nitrogens is 4. The summed E-state index contributed by atoms with van der Waals surface area (Å²) in [6.45, 7) is 3.41. The fraction of sp³-hybridized carbons (Fsp3) is 0.0690. The summed E-state index contributed by atoms with van der Waals surface area (Å²) in [7, 11) is 0. The Morgan fingerprint density at radius 3 is 2.21 bits per heavy atom. The van der Waals surface area contributed by atoms with Crippen LogP contribution >= 0.6 is 0 Å². The van der Waals surface area contributed by atoms with Gasteiger partial charge < -0.3 is 15.1 Å². The highest BCUT2D eigenvalue weighted by Crippen LogP contribution is 2.29. The van der Waals surface area contributed by atoms with E-state index in [1.54, 1.807) is 68.5 Å². The second-order valence-electron chi connectivity index (χ2n) is 9.08. The van der Waals surface area contributed by atoms with Gasteiger partial charge in [0.15, 0.2) is 11.1 Å². The minimum absolute atomic E-state index is 0.0975. The van der Waals surface area contributed by atoms with Crippen LogP contribution in [-0.4, -0.2) is 30.8 Å². The second kappa shape index (κ2) is 9.10. The summed E-state index contributed by atoms with van der Waals surface area (Å²) in [5, 5.41) is 21.5. The number of H-pyrrole nitrogens is 2. The van der Waals surface area contributed by atoms with Gasteiger partial charge in [-0.25, -0.2) is 0 Å². The molecule has 5 aromatic rings. The van der Waals surface area contributed by atoms with Gasteiger partial charge in [-0.3, -0.25) is 14.4 Å². The summed E-state index contributed by atoms with van der Waals surface area (Å²) < 4.78 is 1.36. The number of aromatic amines is 2. The van der Waals surface area contributed by atoms with Crippen LogP contribution in [-0.2, 0) is 0 Å². The van der Waals surface area contributed by atoms with Crippen molar-refractivity contribution < 1.29 is 9.90 Å². The maximum Gasteiger partial charge on any atom is 0.282 e. The standard InChI is InChI=1S/C29H22N6O4/c1-16-20(26(36)30-24-22(16)28(38)34(32-24)18-10-5-3-6-11-18)14-9-15-21-17(2)23-25(31-27(21)37)33-35(29(23)39)19-12-7-4-8-13-19/h3-15,38H,1-2H3,(H,30,32,36)(H,31,33,37)/b14-9?,21-15+. The van der Waals surface area contributed by atoms with E-state index >= 15 is 0 Å². The number of nitrogens with zero attached hydrogens (tertiary/aromatic N) is 4. The molecule has 0 fully saturated rings. The van der Waals surface area contributed by atoms with Crippen molar-refractivity contribution in [2.75, 3.05) is 5.01 Å². The SMILES string of the molecule is Cc1c2c([nH]c(=O)/c1=C/C=Cc1c(C)c3c(O)n(-c4ccccc4)nc3[nH]c1=O)=NN(c1ccccc1)C2=O. The molecule has 0 bridgehead atoms. The lowest BCUT2D eigenvalue weighted by molar-refractivity contribution is 0.0994. The molecule has 0 saturated carbocycles. The normalized spacial score (nSPS) is 13.4. The van der Waals surface area contributed by atoms with Crippen molar-refractivity contribution in [2.45, 2.75) is 13.8 Å². The summed E-state index contributed by atoms with van der Waals surface area (Å²) in [6, 6.07) is 18.0. The molecule has 0 aliphatic carbocycles. The number of pyridine rings is 2. The van der Waals surface area contributed by atoms with Crippen LogP contribution in [0.1, 0.15) is 27.0 Å². The number of allylic oxidation sites excluding steroid dienone is 1. The van der Waals surface area contributed by atoms with Crippen molar-refractivity contribution in [3.63, 3.8) is 0 Å². The van der Waals surface area contributed by atoms with E-state index in [2.05, 4.69) is 20.2 Å². The second-order valence-corrected chi connectivity index (χ2v) is 9.08. The molecule has 4 heterocycles. The maximum absolute atomic E-state index is 13.1. The fourth-order valence-corrected chi connectivity index (χ4v) is 4.77. The molecule has 0 radical (unpaired) electrons. The molecule has 3 aromatic heterocycles. The molecule has 0 saturated heterocycles. The number of nitrogens with one attached hydrogen (secondary N) is 2. The van der Waals surface area contributed by atoms with Crippen LogP contribution in [0.25, 0.3) is 28.9 Å². The van der Waals surface area contributed by atoms with E-state index in [1.165, 1.54) is 9.69 Å². The van der Waals surface area contributed by atoms with E-state index in [-0.39, 0.29) is 28.1 Å². The van der Waals surface area contributed by atoms with Crippen LogP contribution in [0.2, 0.25) is 0 Å². The Labute approximate surface area is 220 Å². The molecule has 2 aromatic carbocycles. The van der Waals surface area contributed by atoms with Gasteiger partial charge >= 0.3 is 0 Å². The van der Waals surface area contributed by atoms with Gasteiger partial charge in [0.25, 0.3) is 17.0 Å². The van der Waals surface area contributed by atoms with Gasteiger partial charge in [-0.05, 0) is 61.4 Å². The monoisotopic (exact) mass is 518 g/mol. The van der Waals surface area contributed by atoms with E-state index < -0.39 is 11.1 Å². The molecular weight excluding hydrogens is 496 g/mol. The molecule has 1 aliphatic heterocycles. The Kier molecular flexibility index (Phi) is 5.57. The third-order valence-corrected chi connectivity index (χ3v) is 6.74. The van der Waals surface area contributed by atoms with Gasteiger partial charge in [0.2, 0.25) is 5.88 Å². The molecule has 10 nitrogen and oxygen atoms in total. The van der Waals surface area contributed by atoms with Crippen molar-refractivity contribution in [2.24, 2.45) is 5.10 Å². The molecule has 3 N–H and O–H groups in total. The minimum Gasteiger partial charge on any atom is -0.493 e. The van der Waals surface area contributed by atoms with Crippen molar-refractivity contribution in [1.82, 2.24) is 19.7 Å². The zero-order valence-corrected chi connectivity index (χ0v) is 21.0. The summed E-state index contributed by atoms with van der Waals surface area (Å²) >= 11 is 0. The van der Waals surface area contributed by atoms with E-state index in [1.807, 2.05) is 24.3 Å². The molecule has 1 amide bonds. The van der Waals surface area contributed by atoms with Crippen LogP contribution in [0.5, 0.6) is 5.88 Å². The molecule has 1 aliphatic rings. The number of anilines is 1. The Bertz CT molecular complexity index is 2060.